The van der Waals surface area contributed by atoms with Crippen LogP contribution in [-0.2, 0) is 15.6 Å². The number of benzene rings is 1. The number of hydrogen-bond donors (Lipinski definition) is 2. The van der Waals surface area contributed by atoms with Crippen molar-refractivity contribution in [3.8, 4) is 0 Å². The number of fused-ring (bicyclic) bond motifs is 6. The third kappa shape index (κ3) is 2.45. The molecule has 5 rings (SSSR count). The summed E-state index contributed by atoms with van der Waals surface area (Å²) in [6.07, 6.45) is 4.55. The van der Waals surface area contributed by atoms with Crippen molar-refractivity contribution < 1.29 is 9.59 Å². The minimum absolute atomic E-state index is 0.250. The second-order valence-corrected chi connectivity index (χ2v) is 9.86. The van der Waals surface area contributed by atoms with Gasteiger partial charge in [0.05, 0.1) is 28.0 Å². The minimum atomic E-state index is -0.876. The lowest BCUT2D eigenvalue weighted by molar-refractivity contribution is -0.131. The Morgan fingerprint density at radius 2 is 1.59 bits per heavy atom. The molecule has 0 radical (unpaired) electrons. The van der Waals surface area contributed by atoms with E-state index < -0.39 is 16.7 Å². The summed E-state index contributed by atoms with van der Waals surface area (Å²) in [6, 6.07) is 7.44. The Balaban J connectivity index is 1.57. The molecule has 1 saturated carbocycles. The summed E-state index contributed by atoms with van der Waals surface area (Å²) in [5.41, 5.74) is 9.65. The molecule has 0 aliphatic heterocycles. The lowest BCUT2D eigenvalue weighted by atomic mass is 9.63. The van der Waals surface area contributed by atoms with Gasteiger partial charge in [-0.25, -0.2) is 9.97 Å². The van der Waals surface area contributed by atoms with E-state index in [1.165, 1.54) is 11.8 Å². The first-order chi connectivity index (χ1) is 15.1. The molecule has 2 atom stereocenters. The number of rotatable bonds is 2. The number of carbonyl (C=O) groups is 2. The van der Waals surface area contributed by atoms with Crippen molar-refractivity contribution in [1.82, 2.24) is 25.8 Å². The molecule has 164 valence electrons. The van der Waals surface area contributed by atoms with Gasteiger partial charge in [-0.1, -0.05) is 20.8 Å². The van der Waals surface area contributed by atoms with E-state index in [0.29, 0.717) is 12.0 Å². The van der Waals surface area contributed by atoms with E-state index in [4.69, 9.17) is 9.97 Å². The van der Waals surface area contributed by atoms with Gasteiger partial charge in [0.2, 0.25) is 0 Å². The number of aryl methyl sites for hydroxylation is 2. The van der Waals surface area contributed by atoms with Crippen LogP contribution in [0.3, 0.4) is 0 Å². The van der Waals surface area contributed by atoms with Crippen molar-refractivity contribution in [3.05, 3.63) is 64.7 Å². The van der Waals surface area contributed by atoms with E-state index in [1.54, 1.807) is 18.3 Å². The van der Waals surface area contributed by atoms with E-state index >= 15 is 0 Å². The van der Waals surface area contributed by atoms with Gasteiger partial charge in [0.1, 0.15) is 5.41 Å². The quantitative estimate of drug-likeness (QED) is 0.609. The molecule has 1 fully saturated rings. The van der Waals surface area contributed by atoms with Crippen molar-refractivity contribution in [1.29, 1.82) is 0 Å². The third-order valence-corrected chi connectivity index (χ3v) is 8.25. The van der Waals surface area contributed by atoms with Crippen molar-refractivity contribution in [2.45, 2.75) is 58.3 Å². The highest BCUT2D eigenvalue weighted by Gasteiger charge is 2.73. The zero-order valence-corrected chi connectivity index (χ0v) is 19.0. The maximum Gasteiger partial charge on any atom is 0.271 e. The molecule has 2 unspecified atom stereocenters. The van der Waals surface area contributed by atoms with Crippen LogP contribution in [-0.4, -0.2) is 26.8 Å². The molecule has 32 heavy (non-hydrogen) atoms. The Morgan fingerprint density at radius 1 is 0.938 bits per heavy atom. The molecule has 0 saturated heterocycles. The van der Waals surface area contributed by atoms with Crippen LogP contribution in [0.4, 0.5) is 0 Å². The molecule has 7 heteroatoms. The van der Waals surface area contributed by atoms with E-state index in [0.717, 1.165) is 34.4 Å². The van der Waals surface area contributed by atoms with E-state index in [9.17, 15) is 9.59 Å². The summed E-state index contributed by atoms with van der Waals surface area (Å²) in [7, 11) is 0. The van der Waals surface area contributed by atoms with E-state index in [1.807, 2.05) is 6.07 Å². The lowest BCUT2D eigenvalue weighted by Gasteiger charge is -2.39. The van der Waals surface area contributed by atoms with Gasteiger partial charge in [-0.2, -0.15) is 0 Å². The molecule has 1 aromatic carbocycles. The minimum Gasteiger partial charge on any atom is -0.272 e. The molecule has 2 aromatic heterocycles. The highest BCUT2D eigenvalue weighted by molar-refractivity contribution is 5.98. The predicted molar refractivity (Wildman–Crippen MR) is 121 cm³/mol. The summed E-state index contributed by atoms with van der Waals surface area (Å²) in [5.74, 6) is -0.657. The van der Waals surface area contributed by atoms with Crippen molar-refractivity contribution in [2.75, 3.05) is 0 Å². The molecular weight excluding hydrogens is 402 g/mol. The molecule has 2 amide bonds. The molecule has 0 spiro atoms. The zero-order valence-electron chi connectivity index (χ0n) is 19.0. The summed E-state index contributed by atoms with van der Waals surface area (Å²) in [5, 5.41) is 0. The number of hydrogen-bond acceptors (Lipinski definition) is 5. The molecule has 2 N–H and O–H groups in total. The van der Waals surface area contributed by atoms with E-state index in [-0.39, 0.29) is 11.3 Å². The normalized spacial score (nSPS) is 24.9. The summed E-state index contributed by atoms with van der Waals surface area (Å²) in [4.78, 5) is 40.2. The molecule has 2 heterocycles. The fourth-order valence-corrected chi connectivity index (χ4v) is 5.65. The van der Waals surface area contributed by atoms with Gasteiger partial charge in [0, 0.05) is 17.8 Å². The SMILES string of the molecule is Cc1cc2nc3c(nc2cc1C)C1(C(=O)NNC(=O)c2cccnc2)CCC3(C)C1(C)C. The van der Waals surface area contributed by atoms with Crippen molar-refractivity contribution in [2.24, 2.45) is 5.41 Å². The Kier molecular flexibility index (Phi) is 4.22. The zero-order chi connectivity index (χ0) is 22.9. The number of nitrogens with zero attached hydrogens (tertiary/aromatic N) is 3. The number of carbonyl (C=O) groups excluding carboxylic acids is 2. The van der Waals surface area contributed by atoms with Crippen LogP contribution in [0.15, 0.2) is 36.7 Å². The van der Waals surface area contributed by atoms with Gasteiger partial charge in [0.25, 0.3) is 11.8 Å². The Labute approximate surface area is 187 Å². The maximum absolute atomic E-state index is 13.7. The van der Waals surface area contributed by atoms with Crippen molar-refractivity contribution in [3.63, 3.8) is 0 Å². The summed E-state index contributed by atoms with van der Waals surface area (Å²) < 4.78 is 0. The van der Waals surface area contributed by atoms with Crippen LogP contribution in [0.1, 0.15) is 66.5 Å². The number of pyridine rings is 1. The average Bonchev–Trinajstić information content (AvgIpc) is 3.07. The first kappa shape index (κ1) is 20.5. The predicted octanol–water partition coefficient (Wildman–Crippen LogP) is 3.43. The van der Waals surface area contributed by atoms with Gasteiger partial charge in [0.15, 0.2) is 0 Å². The summed E-state index contributed by atoms with van der Waals surface area (Å²) >= 11 is 0. The van der Waals surface area contributed by atoms with Gasteiger partial charge in [-0.15, -0.1) is 0 Å². The fraction of sp³-hybridized carbons (Fsp3) is 0.400. The second-order valence-electron chi connectivity index (χ2n) is 9.86. The topological polar surface area (TPSA) is 96.9 Å². The molecule has 2 aliphatic carbocycles. The van der Waals surface area contributed by atoms with Crippen LogP contribution >= 0.6 is 0 Å². The van der Waals surface area contributed by atoms with Crippen LogP contribution < -0.4 is 10.9 Å². The maximum atomic E-state index is 13.7. The van der Waals surface area contributed by atoms with Crippen LogP contribution in [0, 0.1) is 19.3 Å². The lowest BCUT2D eigenvalue weighted by Crippen LogP contribution is -2.55. The smallest absolute Gasteiger partial charge is 0.271 e. The van der Waals surface area contributed by atoms with Gasteiger partial charge in [-0.3, -0.25) is 25.4 Å². The molecule has 2 aliphatic rings. The Morgan fingerprint density at radius 3 is 2.22 bits per heavy atom. The van der Waals surface area contributed by atoms with Crippen molar-refractivity contribution >= 4 is 22.8 Å². The third-order valence-electron chi connectivity index (χ3n) is 8.25. The monoisotopic (exact) mass is 429 g/mol. The molecular formula is C25H27N5O2. The van der Waals surface area contributed by atoms with Gasteiger partial charge < -0.3 is 0 Å². The van der Waals surface area contributed by atoms with E-state index in [2.05, 4.69) is 56.5 Å². The molecule has 2 bridgehead atoms. The fourth-order valence-electron chi connectivity index (χ4n) is 5.65. The molecule has 3 aromatic rings. The Bertz CT molecular complexity index is 1290. The van der Waals surface area contributed by atoms with Gasteiger partial charge in [-0.05, 0) is 67.5 Å². The summed E-state index contributed by atoms with van der Waals surface area (Å²) in [6.45, 7) is 10.5. The number of nitrogens with one attached hydrogen (secondary N) is 2. The van der Waals surface area contributed by atoms with Crippen LogP contribution in [0.2, 0.25) is 0 Å². The largest absolute Gasteiger partial charge is 0.272 e. The van der Waals surface area contributed by atoms with Crippen LogP contribution in [0.5, 0.6) is 0 Å². The molecule has 7 nitrogen and oxygen atoms in total. The first-order valence-corrected chi connectivity index (χ1v) is 10.9. The standard InChI is InChI=1S/C25H27N5O2/c1-14-11-17-18(12-15(14)2)28-20-19(27-17)24(5)8-9-25(20,23(24,3)4)22(32)30-29-21(31)16-7-6-10-26-13-16/h6-7,10-13H,8-9H2,1-5H3,(H,29,31)(H,30,32). The number of hydrazine groups is 1. The number of amides is 2. The number of aromatic nitrogens is 3. The highest BCUT2D eigenvalue weighted by Crippen LogP contribution is 2.70. The Hall–Kier alpha value is -3.35. The van der Waals surface area contributed by atoms with Gasteiger partial charge >= 0.3 is 0 Å². The van der Waals surface area contributed by atoms with Crippen LogP contribution in [0.25, 0.3) is 11.0 Å². The second kappa shape index (κ2) is 6.58. The highest BCUT2D eigenvalue weighted by atomic mass is 16.2. The average molecular weight is 430 g/mol. The first-order valence-electron chi connectivity index (χ1n) is 10.9.